The predicted molar refractivity (Wildman–Crippen MR) is 86.5 cm³/mol. The van der Waals surface area contributed by atoms with E-state index < -0.39 is 0 Å². The Morgan fingerprint density at radius 1 is 1.29 bits per heavy atom. The molecule has 0 radical (unpaired) electrons. The Bertz CT molecular complexity index is 563. The number of hydrogen-bond donors (Lipinski definition) is 1. The number of methoxy groups -OCH3 is 1. The quantitative estimate of drug-likeness (QED) is 0.848. The minimum atomic E-state index is 0.323. The van der Waals surface area contributed by atoms with Gasteiger partial charge in [-0.2, -0.15) is 0 Å². The third kappa shape index (κ3) is 4.34. The normalized spacial score (nSPS) is 12.6. The van der Waals surface area contributed by atoms with E-state index in [4.69, 9.17) is 4.74 Å². The largest absolute Gasteiger partial charge is 0.497 e. The lowest BCUT2D eigenvalue weighted by Gasteiger charge is -2.25. The molecule has 0 fully saturated rings. The predicted octanol–water partition coefficient (Wildman–Crippen LogP) is 2.43. The maximum Gasteiger partial charge on any atom is 0.119 e. The zero-order valence-corrected chi connectivity index (χ0v) is 13.3. The Morgan fingerprint density at radius 3 is 2.71 bits per heavy atom. The van der Waals surface area contributed by atoms with Crippen molar-refractivity contribution >= 4 is 0 Å². The fourth-order valence-corrected chi connectivity index (χ4v) is 2.47. The first-order chi connectivity index (χ1) is 10.1. The van der Waals surface area contributed by atoms with Crippen LogP contribution in [0.5, 0.6) is 5.75 Å². The maximum atomic E-state index is 5.32. The van der Waals surface area contributed by atoms with Crippen LogP contribution in [-0.4, -0.2) is 37.2 Å². The number of aromatic nitrogens is 1. The number of rotatable bonds is 7. The third-order valence-electron chi connectivity index (χ3n) is 3.66. The van der Waals surface area contributed by atoms with Gasteiger partial charge < -0.3 is 19.5 Å². The highest BCUT2D eigenvalue weighted by Crippen LogP contribution is 2.22. The van der Waals surface area contributed by atoms with E-state index in [1.807, 2.05) is 19.2 Å². The van der Waals surface area contributed by atoms with Gasteiger partial charge in [0.15, 0.2) is 0 Å². The number of likely N-dealkylation sites (N-methyl/N-ethyl adjacent to an activating group) is 1. The van der Waals surface area contributed by atoms with Gasteiger partial charge in [0.2, 0.25) is 0 Å². The van der Waals surface area contributed by atoms with E-state index in [1.54, 1.807) is 7.11 Å². The van der Waals surface area contributed by atoms with Gasteiger partial charge >= 0.3 is 0 Å². The van der Waals surface area contributed by atoms with Crippen LogP contribution in [0.15, 0.2) is 42.7 Å². The summed E-state index contributed by atoms with van der Waals surface area (Å²) >= 11 is 0. The lowest BCUT2D eigenvalue weighted by molar-refractivity contribution is 0.287. The highest BCUT2D eigenvalue weighted by atomic mass is 16.5. The molecule has 0 aliphatic heterocycles. The van der Waals surface area contributed by atoms with Gasteiger partial charge in [-0.1, -0.05) is 12.1 Å². The zero-order chi connectivity index (χ0) is 15.2. The van der Waals surface area contributed by atoms with Gasteiger partial charge in [0.1, 0.15) is 5.75 Å². The molecule has 4 heteroatoms. The number of aryl methyl sites for hydroxylation is 1. The molecule has 2 aromatic rings. The Labute approximate surface area is 127 Å². The second-order valence-corrected chi connectivity index (χ2v) is 5.57. The minimum Gasteiger partial charge on any atom is -0.497 e. The summed E-state index contributed by atoms with van der Waals surface area (Å²) in [6, 6.07) is 10.7. The molecular formula is C17H25N3O. The van der Waals surface area contributed by atoms with Crippen LogP contribution in [0.25, 0.3) is 0 Å². The number of nitrogens with one attached hydrogen (secondary N) is 1. The average Bonchev–Trinajstić information content (AvgIpc) is 2.89. The fourth-order valence-electron chi connectivity index (χ4n) is 2.47. The number of hydrogen-bond acceptors (Lipinski definition) is 3. The Kier molecular flexibility index (Phi) is 5.42. The van der Waals surface area contributed by atoms with E-state index in [1.165, 1.54) is 11.1 Å². The van der Waals surface area contributed by atoms with Crippen LogP contribution in [0, 0.1) is 0 Å². The maximum absolute atomic E-state index is 5.32. The van der Waals surface area contributed by atoms with Crippen molar-refractivity contribution in [3.63, 3.8) is 0 Å². The molecule has 0 saturated carbocycles. The van der Waals surface area contributed by atoms with E-state index in [0.29, 0.717) is 6.04 Å². The Morgan fingerprint density at radius 2 is 2.10 bits per heavy atom. The smallest absolute Gasteiger partial charge is 0.119 e. The standard InChI is InChI=1S/C17H25N3O/c1-19(2)17(15-6-5-7-16(10-15)21-4)12-18-11-14-8-9-20(3)13-14/h5-10,13,17-18H,11-12H2,1-4H3. The van der Waals surface area contributed by atoms with Crippen molar-refractivity contribution in [1.29, 1.82) is 0 Å². The molecule has 0 saturated heterocycles. The lowest BCUT2D eigenvalue weighted by atomic mass is 10.1. The van der Waals surface area contributed by atoms with Crippen molar-refractivity contribution in [3.8, 4) is 5.75 Å². The van der Waals surface area contributed by atoms with Gasteiger partial charge in [-0.05, 0) is 43.4 Å². The molecule has 1 aromatic carbocycles. The molecule has 0 bridgehead atoms. The van der Waals surface area contributed by atoms with Gasteiger partial charge in [0, 0.05) is 38.6 Å². The summed E-state index contributed by atoms with van der Waals surface area (Å²) < 4.78 is 7.39. The topological polar surface area (TPSA) is 29.4 Å². The molecule has 1 aromatic heterocycles. The molecule has 0 spiro atoms. The Hall–Kier alpha value is -1.78. The summed E-state index contributed by atoms with van der Waals surface area (Å²) in [5.74, 6) is 0.905. The van der Waals surface area contributed by atoms with Gasteiger partial charge in [0.05, 0.1) is 7.11 Å². The molecule has 2 rings (SSSR count). The van der Waals surface area contributed by atoms with Crippen LogP contribution in [0.2, 0.25) is 0 Å². The highest BCUT2D eigenvalue weighted by molar-refractivity contribution is 5.30. The molecule has 1 heterocycles. The van der Waals surface area contributed by atoms with E-state index in [9.17, 15) is 0 Å². The van der Waals surface area contributed by atoms with Crippen LogP contribution in [0.4, 0.5) is 0 Å². The van der Waals surface area contributed by atoms with Gasteiger partial charge in [-0.3, -0.25) is 0 Å². The molecule has 1 atom stereocenters. The van der Waals surface area contributed by atoms with E-state index in [2.05, 4.69) is 59.5 Å². The fraction of sp³-hybridized carbons (Fsp3) is 0.412. The molecule has 1 N–H and O–H groups in total. The SMILES string of the molecule is COc1cccc(C(CNCc2ccn(C)c2)N(C)C)c1. The summed E-state index contributed by atoms with van der Waals surface area (Å²) in [4.78, 5) is 2.23. The van der Waals surface area contributed by atoms with Crippen LogP contribution < -0.4 is 10.1 Å². The number of nitrogens with zero attached hydrogens (tertiary/aromatic N) is 2. The van der Waals surface area contributed by atoms with E-state index >= 15 is 0 Å². The highest BCUT2D eigenvalue weighted by Gasteiger charge is 2.14. The number of ether oxygens (including phenoxy) is 1. The molecule has 0 aliphatic rings. The van der Waals surface area contributed by atoms with Gasteiger partial charge in [-0.25, -0.2) is 0 Å². The minimum absolute atomic E-state index is 0.323. The van der Waals surface area contributed by atoms with Crippen molar-refractivity contribution < 1.29 is 4.74 Å². The van der Waals surface area contributed by atoms with Crippen molar-refractivity contribution in [1.82, 2.24) is 14.8 Å². The Balaban J connectivity index is 1.98. The molecule has 0 amide bonds. The second kappa shape index (κ2) is 7.29. The van der Waals surface area contributed by atoms with Crippen molar-refractivity contribution in [2.24, 2.45) is 7.05 Å². The first-order valence-corrected chi connectivity index (χ1v) is 7.22. The summed E-state index contributed by atoms with van der Waals surface area (Å²) in [7, 11) is 7.96. The van der Waals surface area contributed by atoms with Crippen LogP contribution >= 0.6 is 0 Å². The van der Waals surface area contributed by atoms with Crippen molar-refractivity contribution in [2.75, 3.05) is 27.7 Å². The first-order valence-electron chi connectivity index (χ1n) is 7.22. The molecule has 0 aliphatic carbocycles. The van der Waals surface area contributed by atoms with Gasteiger partial charge in [0.25, 0.3) is 0 Å². The molecule has 4 nitrogen and oxygen atoms in total. The summed E-state index contributed by atoms with van der Waals surface area (Å²) in [5.41, 5.74) is 2.57. The summed E-state index contributed by atoms with van der Waals surface area (Å²) in [5, 5.41) is 3.54. The first kappa shape index (κ1) is 15.6. The van der Waals surface area contributed by atoms with E-state index in [-0.39, 0.29) is 0 Å². The molecule has 1 unspecified atom stereocenters. The number of benzene rings is 1. The van der Waals surface area contributed by atoms with Crippen molar-refractivity contribution in [3.05, 3.63) is 53.9 Å². The van der Waals surface area contributed by atoms with E-state index in [0.717, 1.165) is 18.8 Å². The second-order valence-electron chi connectivity index (χ2n) is 5.57. The lowest BCUT2D eigenvalue weighted by Crippen LogP contribution is -2.30. The van der Waals surface area contributed by atoms with Crippen LogP contribution in [0.3, 0.4) is 0 Å². The average molecular weight is 287 g/mol. The molecule has 114 valence electrons. The summed E-state index contributed by atoms with van der Waals surface area (Å²) in [6.07, 6.45) is 4.21. The third-order valence-corrected chi connectivity index (χ3v) is 3.66. The van der Waals surface area contributed by atoms with Crippen LogP contribution in [-0.2, 0) is 13.6 Å². The monoisotopic (exact) mass is 287 g/mol. The van der Waals surface area contributed by atoms with Crippen LogP contribution in [0.1, 0.15) is 17.2 Å². The molecular weight excluding hydrogens is 262 g/mol. The van der Waals surface area contributed by atoms with Gasteiger partial charge in [-0.15, -0.1) is 0 Å². The van der Waals surface area contributed by atoms with Crippen molar-refractivity contribution in [2.45, 2.75) is 12.6 Å². The zero-order valence-electron chi connectivity index (χ0n) is 13.3. The molecule has 21 heavy (non-hydrogen) atoms. The summed E-state index contributed by atoms with van der Waals surface area (Å²) in [6.45, 7) is 1.78.